The van der Waals surface area contributed by atoms with Crippen molar-refractivity contribution in [3.63, 3.8) is 0 Å². The van der Waals surface area contributed by atoms with E-state index in [1.54, 1.807) is 18.2 Å². The average Bonchev–Trinajstić information content (AvgIpc) is 3.10. The summed E-state index contributed by atoms with van der Waals surface area (Å²) in [4.78, 5) is 14.5. The molecule has 1 aliphatic heterocycles. The standard InChI is InChI=1S/C37H35F5N2O4/c1-4-16-44(3)19-28-21(2)35(25-10-8-22(20-45)9-11-25)48-37(47-28)26-14-12-24(13-15-26)27-7-5-6-23(17-27)18-43-36(46)29-30(38)32(40)34(42)33(41)31(29)39/h4-15,17,21,28,35,37,45H,1,16,18-20H2,2-3H3,(H,43,46)/t21-,28+,35+,37+/m0/s1. The van der Waals surface area contributed by atoms with Gasteiger partial charge >= 0.3 is 0 Å². The van der Waals surface area contributed by atoms with E-state index in [4.69, 9.17) is 9.47 Å². The summed E-state index contributed by atoms with van der Waals surface area (Å²) in [5, 5.41) is 11.7. The quantitative estimate of drug-likeness (QED) is 0.0757. The molecule has 0 radical (unpaired) electrons. The smallest absolute Gasteiger partial charge is 0.257 e. The van der Waals surface area contributed by atoms with Crippen LogP contribution in [0.15, 0.2) is 85.5 Å². The van der Waals surface area contributed by atoms with Crippen molar-refractivity contribution in [2.45, 2.75) is 38.6 Å². The maximum absolute atomic E-state index is 14.1. The maximum Gasteiger partial charge on any atom is 0.257 e. The molecule has 4 aromatic carbocycles. The molecule has 4 atom stereocenters. The van der Waals surface area contributed by atoms with Gasteiger partial charge in [0.25, 0.3) is 5.91 Å². The number of ether oxygens (including phenoxy) is 2. The van der Waals surface area contributed by atoms with Crippen molar-refractivity contribution in [1.82, 2.24) is 10.2 Å². The summed E-state index contributed by atoms with van der Waals surface area (Å²) in [6.07, 6.45) is 0.743. The van der Waals surface area contributed by atoms with Gasteiger partial charge < -0.3 is 24.8 Å². The summed E-state index contributed by atoms with van der Waals surface area (Å²) >= 11 is 0. The van der Waals surface area contributed by atoms with Crippen molar-refractivity contribution in [2.75, 3.05) is 20.1 Å². The third-order valence-corrected chi connectivity index (χ3v) is 8.39. The number of likely N-dealkylation sites (N-methyl/N-ethyl adjacent to an activating group) is 1. The molecule has 6 nitrogen and oxygen atoms in total. The molecule has 1 heterocycles. The number of hydrogen-bond donors (Lipinski definition) is 2. The summed E-state index contributed by atoms with van der Waals surface area (Å²) < 4.78 is 81.7. The van der Waals surface area contributed by atoms with Gasteiger partial charge in [-0.25, -0.2) is 22.0 Å². The number of benzene rings is 4. The number of rotatable bonds is 11. The molecule has 11 heteroatoms. The van der Waals surface area contributed by atoms with E-state index in [0.29, 0.717) is 18.7 Å². The van der Waals surface area contributed by atoms with Crippen molar-refractivity contribution < 1.29 is 41.3 Å². The molecular weight excluding hydrogens is 631 g/mol. The number of halogens is 5. The van der Waals surface area contributed by atoms with Gasteiger partial charge in [-0.2, -0.15) is 0 Å². The molecule has 1 aliphatic rings. The molecule has 48 heavy (non-hydrogen) atoms. The van der Waals surface area contributed by atoms with Crippen molar-refractivity contribution >= 4 is 5.91 Å². The van der Waals surface area contributed by atoms with Gasteiger partial charge in [0.15, 0.2) is 29.6 Å². The third-order valence-electron chi connectivity index (χ3n) is 8.39. The number of amides is 1. The first-order chi connectivity index (χ1) is 23.0. The van der Waals surface area contributed by atoms with Crippen LogP contribution in [0, 0.1) is 35.0 Å². The molecule has 252 valence electrons. The van der Waals surface area contributed by atoms with E-state index in [9.17, 15) is 31.9 Å². The fourth-order valence-electron chi connectivity index (χ4n) is 5.70. The van der Waals surface area contributed by atoms with E-state index < -0.39 is 46.8 Å². The number of carbonyl (C=O) groups excluding carboxylic acids is 1. The minimum absolute atomic E-state index is 0.0186. The van der Waals surface area contributed by atoms with Crippen molar-refractivity contribution in [2.24, 2.45) is 5.92 Å². The van der Waals surface area contributed by atoms with Gasteiger partial charge in [-0.3, -0.25) is 4.79 Å². The van der Waals surface area contributed by atoms with Crippen molar-refractivity contribution in [1.29, 1.82) is 0 Å². The molecule has 1 amide bonds. The van der Waals surface area contributed by atoms with Crippen LogP contribution in [0.1, 0.15) is 51.9 Å². The lowest BCUT2D eigenvalue weighted by molar-refractivity contribution is -0.275. The van der Waals surface area contributed by atoms with Crippen LogP contribution in [-0.4, -0.2) is 42.2 Å². The summed E-state index contributed by atoms with van der Waals surface area (Å²) in [5.41, 5.74) is 3.14. The topological polar surface area (TPSA) is 71.0 Å². The number of nitrogens with zero attached hydrogens (tertiary/aromatic N) is 1. The molecule has 1 saturated heterocycles. The van der Waals surface area contributed by atoms with Gasteiger partial charge in [0.1, 0.15) is 5.56 Å². The fraction of sp³-hybridized carbons (Fsp3) is 0.270. The number of hydrogen-bond acceptors (Lipinski definition) is 5. The predicted molar refractivity (Wildman–Crippen MR) is 170 cm³/mol. The number of aliphatic hydroxyl groups is 1. The number of nitrogens with one attached hydrogen (secondary N) is 1. The van der Waals surface area contributed by atoms with Crippen LogP contribution in [0.3, 0.4) is 0 Å². The average molecular weight is 667 g/mol. The van der Waals surface area contributed by atoms with E-state index in [0.717, 1.165) is 27.8 Å². The molecule has 0 saturated carbocycles. The molecule has 0 aliphatic carbocycles. The van der Waals surface area contributed by atoms with Gasteiger partial charge in [0.05, 0.1) is 18.8 Å². The Morgan fingerprint density at radius 2 is 1.48 bits per heavy atom. The molecule has 2 N–H and O–H groups in total. The van der Waals surface area contributed by atoms with Gasteiger partial charge in [-0.15, -0.1) is 6.58 Å². The van der Waals surface area contributed by atoms with Crippen LogP contribution in [0.5, 0.6) is 0 Å². The van der Waals surface area contributed by atoms with E-state index in [2.05, 4.69) is 23.7 Å². The Bertz CT molecular complexity index is 1740. The zero-order valence-electron chi connectivity index (χ0n) is 26.4. The fourth-order valence-corrected chi connectivity index (χ4v) is 5.70. The highest BCUT2D eigenvalue weighted by molar-refractivity contribution is 5.94. The first kappa shape index (κ1) is 34.9. The Morgan fingerprint density at radius 3 is 2.10 bits per heavy atom. The van der Waals surface area contributed by atoms with Crippen LogP contribution >= 0.6 is 0 Å². The summed E-state index contributed by atoms with van der Waals surface area (Å²) in [6, 6.07) is 22.2. The van der Waals surface area contributed by atoms with Gasteiger partial charge in [-0.05, 0) is 40.9 Å². The summed E-state index contributed by atoms with van der Waals surface area (Å²) in [6.45, 7) is 7.00. The second-order valence-electron chi connectivity index (χ2n) is 11.8. The molecule has 1 fully saturated rings. The second kappa shape index (κ2) is 15.2. The Morgan fingerprint density at radius 1 is 0.854 bits per heavy atom. The molecule has 0 spiro atoms. The largest absolute Gasteiger partial charge is 0.392 e. The molecule has 0 bridgehead atoms. The molecule has 5 rings (SSSR count). The Hall–Kier alpha value is -4.42. The third kappa shape index (κ3) is 7.50. The molecular formula is C37H35F5N2O4. The highest BCUT2D eigenvalue weighted by Gasteiger charge is 2.38. The summed E-state index contributed by atoms with van der Waals surface area (Å²) in [5.74, 6) is -12.5. The van der Waals surface area contributed by atoms with Crippen LogP contribution in [0.4, 0.5) is 22.0 Å². The van der Waals surface area contributed by atoms with E-state index in [1.807, 2.05) is 67.7 Å². The Labute approximate surface area is 275 Å². The number of aliphatic hydroxyl groups excluding tert-OH is 1. The zero-order chi connectivity index (χ0) is 34.5. The Kier molecular flexibility index (Phi) is 11.1. The van der Waals surface area contributed by atoms with Crippen molar-refractivity contribution in [3.8, 4) is 11.1 Å². The minimum Gasteiger partial charge on any atom is -0.392 e. The molecule has 4 aromatic rings. The van der Waals surface area contributed by atoms with E-state index in [1.165, 1.54) is 0 Å². The second-order valence-corrected chi connectivity index (χ2v) is 11.8. The highest BCUT2D eigenvalue weighted by atomic mass is 19.2. The van der Waals surface area contributed by atoms with Crippen LogP contribution in [0.2, 0.25) is 0 Å². The molecule has 0 unspecified atom stereocenters. The normalized spacial score (nSPS) is 19.4. The van der Waals surface area contributed by atoms with E-state index in [-0.39, 0.29) is 31.3 Å². The van der Waals surface area contributed by atoms with Crippen LogP contribution < -0.4 is 5.32 Å². The predicted octanol–water partition coefficient (Wildman–Crippen LogP) is 7.38. The summed E-state index contributed by atoms with van der Waals surface area (Å²) in [7, 11) is 2.00. The SMILES string of the molecule is C=CCN(C)C[C@H]1O[C@@H](c2ccc(-c3cccc(CNC(=O)c4c(F)c(F)c(F)c(F)c4F)c3)cc2)O[C@@H](c2ccc(CO)cc2)[C@H]1C. The van der Waals surface area contributed by atoms with Gasteiger partial charge in [0, 0.05) is 31.1 Å². The minimum atomic E-state index is -2.33. The monoisotopic (exact) mass is 666 g/mol. The van der Waals surface area contributed by atoms with Crippen LogP contribution in [-0.2, 0) is 22.6 Å². The first-order valence-corrected chi connectivity index (χ1v) is 15.3. The number of carbonyl (C=O) groups is 1. The maximum atomic E-state index is 14.1. The molecule has 0 aromatic heterocycles. The lowest BCUT2D eigenvalue weighted by atomic mass is 9.90. The van der Waals surface area contributed by atoms with E-state index >= 15 is 0 Å². The zero-order valence-corrected chi connectivity index (χ0v) is 26.4. The van der Waals surface area contributed by atoms with Crippen molar-refractivity contribution in [3.05, 3.63) is 142 Å². The lowest BCUT2D eigenvalue weighted by Gasteiger charge is -2.42. The van der Waals surface area contributed by atoms with Crippen LogP contribution in [0.25, 0.3) is 11.1 Å². The van der Waals surface area contributed by atoms with Gasteiger partial charge in [0.2, 0.25) is 5.82 Å². The first-order valence-electron chi connectivity index (χ1n) is 15.3. The van der Waals surface area contributed by atoms with Gasteiger partial charge in [-0.1, -0.05) is 79.7 Å². The lowest BCUT2D eigenvalue weighted by Crippen LogP contribution is -2.43. The highest BCUT2D eigenvalue weighted by Crippen LogP contribution is 2.42. The Balaban J connectivity index is 1.32.